The number of hydrogen-bond acceptors (Lipinski definition) is 4. The SMILES string of the molecule is Cc1ccc(-c2cccc(-c3nc(-c4ccccc4)nc(-c4ccc5c(oc6cccc(-c7cccc(-c8ccccc8)c7)c65)c4-c4ccccc4)n3)c2)cc1. The van der Waals surface area contributed by atoms with Gasteiger partial charge in [-0.25, -0.2) is 15.0 Å². The van der Waals surface area contributed by atoms with E-state index >= 15 is 0 Å². The smallest absolute Gasteiger partial charge is 0.164 e. The molecular formula is C52H35N3O. The summed E-state index contributed by atoms with van der Waals surface area (Å²) in [6, 6.07) is 67.4. The maximum atomic E-state index is 6.91. The molecule has 0 fully saturated rings. The minimum atomic E-state index is 0.576. The van der Waals surface area contributed by atoms with Crippen LogP contribution in [0.5, 0.6) is 0 Å². The van der Waals surface area contributed by atoms with Crippen molar-refractivity contribution in [2.24, 2.45) is 0 Å². The highest BCUT2D eigenvalue weighted by Crippen LogP contribution is 2.45. The molecule has 0 bridgehead atoms. The number of fused-ring (bicyclic) bond motifs is 3. The lowest BCUT2D eigenvalue weighted by Gasteiger charge is -2.13. The predicted molar refractivity (Wildman–Crippen MR) is 230 cm³/mol. The Hall–Kier alpha value is -7.43. The van der Waals surface area contributed by atoms with E-state index in [1.165, 1.54) is 16.7 Å². The number of aryl methyl sites for hydroxylation is 1. The van der Waals surface area contributed by atoms with E-state index in [2.05, 4.69) is 165 Å². The summed E-state index contributed by atoms with van der Waals surface area (Å²) in [5.41, 5.74) is 14.3. The van der Waals surface area contributed by atoms with Crippen LogP contribution in [0.25, 0.3) is 101 Å². The second kappa shape index (κ2) is 14.1. The lowest BCUT2D eigenvalue weighted by atomic mass is 9.93. The van der Waals surface area contributed by atoms with E-state index in [0.717, 1.165) is 72.0 Å². The first-order valence-electron chi connectivity index (χ1n) is 18.9. The van der Waals surface area contributed by atoms with Crippen molar-refractivity contribution in [1.29, 1.82) is 0 Å². The van der Waals surface area contributed by atoms with Gasteiger partial charge in [0.15, 0.2) is 17.5 Å². The van der Waals surface area contributed by atoms with Crippen LogP contribution in [0.2, 0.25) is 0 Å². The van der Waals surface area contributed by atoms with Crippen molar-refractivity contribution in [2.75, 3.05) is 0 Å². The third-order valence-corrected chi connectivity index (χ3v) is 10.4. The fourth-order valence-corrected chi connectivity index (χ4v) is 7.63. The highest BCUT2D eigenvalue weighted by molar-refractivity contribution is 6.17. The molecule has 4 heteroatoms. The minimum Gasteiger partial charge on any atom is -0.455 e. The molecule has 10 aromatic rings. The van der Waals surface area contributed by atoms with Crippen molar-refractivity contribution >= 4 is 21.9 Å². The van der Waals surface area contributed by atoms with Crippen LogP contribution in [0.3, 0.4) is 0 Å². The molecule has 4 nitrogen and oxygen atoms in total. The van der Waals surface area contributed by atoms with E-state index in [9.17, 15) is 0 Å². The molecular weight excluding hydrogens is 683 g/mol. The zero-order valence-electron chi connectivity index (χ0n) is 30.7. The Balaban J connectivity index is 1.19. The average molecular weight is 718 g/mol. The molecule has 0 aliphatic rings. The van der Waals surface area contributed by atoms with E-state index < -0.39 is 0 Å². The summed E-state index contributed by atoms with van der Waals surface area (Å²) >= 11 is 0. The largest absolute Gasteiger partial charge is 0.455 e. The summed E-state index contributed by atoms with van der Waals surface area (Å²) in [4.78, 5) is 15.5. The van der Waals surface area contributed by atoms with Crippen molar-refractivity contribution in [1.82, 2.24) is 15.0 Å². The van der Waals surface area contributed by atoms with Crippen LogP contribution in [-0.2, 0) is 0 Å². The molecule has 0 aliphatic carbocycles. The van der Waals surface area contributed by atoms with Gasteiger partial charge in [-0.1, -0.05) is 169 Å². The number of rotatable bonds is 7. The molecule has 8 aromatic carbocycles. The zero-order chi connectivity index (χ0) is 37.4. The van der Waals surface area contributed by atoms with Gasteiger partial charge in [0.05, 0.1) is 0 Å². The number of hydrogen-bond donors (Lipinski definition) is 0. The molecule has 10 rings (SSSR count). The first-order valence-corrected chi connectivity index (χ1v) is 18.9. The first kappa shape index (κ1) is 33.2. The van der Waals surface area contributed by atoms with Crippen molar-refractivity contribution in [2.45, 2.75) is 6.92 Å². The van der Waals surface area contributed by atoms with Crippen LogP contribution in [0.15, 0.2) is 199 Å². The van der Waals surface area contributed by atoms with Crippen LogP contribution < -0.4 is 0 Å². The fraction of sp³-hybridized carbons (Fsp3) is 0.0192. The first-order chi connectivity index (χ1) is 27.7. The Labute approximate surface area is 325 Å². The molecule has 2 heterocycles. The summed E-state index contributed by atoms with van der Waals surface area (Å²) in [5.74, 6) is 1.79. The van der Waals surface area contributed by atoms with Gasteiger partial charge in [-0.05, 0) is 76.2 Å². The van der Waals surface area contributed by atoms with E-state index in [1.54, 1.807) is 0 Å². The molecule has 264 valence electrons. The van der Waals surface area contributed by atoms with Crippen LogP contribution >= 0.6 is 0 Å². The lowest BCUT2D eigenvalue weighted by molar-refractivity contribution is 0.670. The molecule has 0 amide bonds. The fourth-order valence-electron chi connectivity index (χ4n) is 7.63. The number of aromatic nitrogens is 3. The average Bonchev–Trinajstić information content (AvgIpc) is 3.66. The molecule has 0 radical (unpaired) electrons. The highest BCUT2D eigenvalue weighted by atomic mass is 16.3. The second-order valence-electron chi connectivity index (χ2n) is 14.1. The Bertz CT molecular complexity index is 3010. The van der Waals surface area contributed by atoms with Crippen molar-refractivity contribution in [3.05, 3.63) is 200 Å². The van der Waals surface area contributed by atoms with Gasteiger partial charge in [0.2, 0.25) is 0 Å². The van der Waals surface area contributed by atoms with Gasteiger partial charge in [-0.15, -0.1) is 0 Å². The van der Waals surface area contributed by atoms with E-state index in [1.807, 2.05) is 36.4 Å². The van der Waals surface area contributed by atoms with E-state index in [-0.39, 0.29) is 0 Å². The van der Waals surface area contributed by atoms with Crippen molar-refractivity contribution in [3.8, 4) is 78.7 Å². The molecule has 56 heavy (non-hydrogen) atoms. The summed E-state index contributed by atoms with van der Waals surface area (Å²) in [7, 11) is 0. The number of benzene rings is 8. The van der Waals surface area contributed by atoms with Crippen LogP contribution in [0.4, 0.5) is 0 Å². The molecule has 0 N–H and O–H groups in total. The van der Waals surface area contributed by atoms with Crippen molar-refractivity contribution < 1.29 is 4.42 Å². The van der Waals surface area contributed by atoms with Crippen LogP contribution in [-0.4, -0.2) is 15.0 Å². The third kappa shape index (κ3) is 6.13. The van der Waals surface area contributed by atoms with Gasteiger partial charge in [0.1, 0.15) is 11.2 Å². The second-order valence-corrected chi connectivity index (χ2v) is 14.1. The van der Waals surface area contributed by atoms with Gasteiger partial charge < -0.3 is 4.42 Å². The molecule has 0 spiro atoms. The van der Waals surface area contributed by atoms with Crippen LogP contribution in [0.1, 0.15) is 5.56 Å². The lowest BCUT2D eigenvalue weighted by Crippen LogP contribution is -2.01. The van der Waals surface area contributed by atoms with Gasteiger partial charge in [-0.2, -0.15) is 0 Å². The quantitative estimate of drug-likeness (QED) is 0.165. The molecule has 0 aliphatic heterocycles. The Morgan fingerprint density at radius 3 is 1.57 bits per heavy atom. The summed E-state index contributed by atoms with van der Waals surface area (Å²) < 4.78 is 6.91. The maximum absolute atomic E-state index is 6.91. The predicted octanol–water partition coefficient (Wildman–Crippen LogP) is 13.7. The topological polar surface area (TPSA) is 51.8 Å². The number of furan rings is 1. The maximum Gasteiger partial charge on any atom is 0.164 e. The van der Waals surface area contributed by atoms with Gasteiger partial charge in [0.25, 0.3) is 0 Å². The standard InChI is InChI=1S/C52H35N3O/c1-34-26-28-36(29-27-34)40-21-12-23-42(33-40)51-53-50(38-18-9-4-10-19-38)54-52(55-51)45-31-30-44-48-43(41-22-11-20-39(32-41)35-14-5-2-6-15-35)24-13-25-46(48)56-49(44)47(45)37-16-7-3-8-17-37/h2-33H,1H3. The van der Waals surface area contributed by atoms with Gasteiger partial charge in [-0.3, -0.25) is 0 Å². The van der Waals surface area contributed by atoms with Crippen molar-refractivity contribution in [3.63, 3.8) is 0 Å². The monoisotopic (exact) mass is 717 g/mol. The third-order valence-electron chi connectivity index (χ3n) is 10.4. The Kier molecular flexibility index (Phi) is 8.34. The molecule has 2 aromatic heterocycles. The Morgan fingerprint density at radius 2 is 0.875 bits per heavy atom. The summed E-state index contributed by atoms with van der Waals surface area (Å²) in [5, 5.41) is 2.11. The number of nitrogens with zero attached hydrogens (tertiary/aromatic N) is 3. The van der Waals surface area contributed by atoms with Gasteiger partial charge >= 0.3 is 0 Å². The molecule has 0 saturated carbocycles. The van der Waals surface area contributed by atoms with Gasteiger partial charge in [0, 0.05) is 33.0 Å². The van der Waals surface area contributed by atoms with Crippen LogP contribution in [0, 0.1) is 6.92 Å². The molecule has 0 unspecified atom stereocenters. The highest BCUT2D eigenvalue weighted by Gasteiger charge is 2.22. The summed E-state index contributed by atoms with van der Waals surface area (Å²) in [6.45, 7) is 2.11. The summed E-state index contributed by atoms with van der Waals surface area (Å²) in [6.07, 6.45) is 0. The normalized spacial score (nSPS) is 11.3. The Morgan fingerprint density at radius 1 is 0.357 bits per heavy atom. The minimum absolute atomic E-state index is 0.576. The molecule has 0 atom stereocenters. The van der Waals surface area contributed by atoms with E-state index in [0.29, 0.717) is 17.5 Å². The van der Waals surface area contributed by atoms with E-state index in [4.69, 9.17) is 19.4 Å². The molecule has 0 saturated heterocycles. The zero-order valence-corrected chi connectivity index (χ0v) is 30.7.